The van der Waals surface area contributed by atoms with Crippen LogP contribution >= 0.6 is 11.6 Å². The molecule has 2 heterocycles. The molecular formula is C19H26ClN7. The number of halogens is 1. The predicted octanol–water partition coefficient (Wildman–Crippen LogP) is 3.30. The van der Waals surface area contributed by atoms with Gasteiger partial charge >= 0.3 is 0 Å². The minimum Gasteiger partial charge on any atom is -0.364 e. The van der Waals surface area contributed by atoms with Crippen LogP contribution in [0.3, 0.4) is 0 Å². The Kier molecular flexibility index (Phi) is 6.47. The van der Waals surface area contributed by atoms with Gasteiger partial charge < -0.3 is 20.9 Å². The van der Waals surface area contributed by atoms with Crippen LogP contribution < -0.4 is 20.9 Å². The van der Waals surface area contributed by atoms with Crippen molar-refractivity contribution in [3.05, 3.63) is 34.9 Å². The van der Waals surface area contributed by atoms with Crippen LogP contribution in [0.15, 0.2) is 29.3 Å². The van der Waals surface area contributed by atoms with E-state index in [4.69, 9.17) is 16.6 Å². The van der Waals surface area contributed by atoms with Crippen LogP contribution in [0.1, 0.15) is 19.4 Å². The molecule has 0 spiro atoms. The second-order valence-corrected chi connectivity index (χ2v) is 7.07. The molecule has 8 heteroatoms. The number of nitrogens with zero attached hydrogens (tertiary/aromatic N) is 4. The number of hydrogen-bond acceptors (Lipinski definition) is 7. The largest absolute Gasteiger partial charge is 0.364 e. The second-order valence-electron chi connectivity index (χ2n) is 6.64. The van der Waals surface area contributed by atoms with Gasteiger partial charge in [0, 0.05) is 36.9 Å². The molecule has 1 aromatic carbocycles. The van der Waals surface area contributed by atoms with Gasteiger partial charge in [0.2, 0.25) is 5.95 Å². The molecule has 0 atom stereocenters. The molecule has 0 fully saturated rings. The van der Waals surface area contributed by atoms with E-state index >= 15 is 0 Å². The van der Waals surface area contributed by atoms with Crippen molar-refractivity contribution in [2.45, 2.75) is 26.4 Å². The number of anilines is 3. The number of nitrogens with one attached hydrogen (secondary N) is 3. The predicted molar refractivity (Wildman–Crippen MR) is 114 cm³/mol. The first kappa shape index (κ1) is 19.4. The molecule has 1 aliphatic heterocycles. The summed E-state index contributed by atoms with van der Waals surface area (Å²) in [6.07, 6.45) is 1.91. The van der Waals surface area contributed by atoms with E-state index in [9.17, 15) is 0 Å². The smallest absolute Gasteiger partial charge is 0.226 e. The molecule has 1 aromatic heterocycles. The van der Waals surface area contributed by atoms with Crippen molar-refractivity contribution in [2.75, 3.05) is 42.2 Å². The average molecular weight is 388 g/mol. The number of rotatable bonds is 8. The highest BCUT2D eigenvalue weighted by Gasteiger charge is 2.23. The van der Waals surface area contributed by atoms with Crippen LogP contribution in [-0.4, -0.2) is 48.9 Å². The first-order chi connectivity index (χ1) is 13.1. The fourth-order valence-electron chi connectivity index (χ4n) is 2.81. The Balaban J connectivity index is 1.88. The maximum atomic E-state index is 5.97. The maximum absolute atomic E-state index is 5.97. The monoisotopic (exact) mass is 387 g/mol. The van der Waals surface area contributed by atoms with E-state index < -0.39 is 0 Å². The first-order valence-corrected chi connectivity index (χ1v) is 9.54. The summed E-state index contributed by atoms with van der Waals surface area (Å²) in [7, 11) is 1.92. The molecule has 2 aromatic rings. The summed E-state index contributed by atoms with van der Waals surface area (Å²) < 4.78 is 0. The van der Waals surface area contributed by atoms with E-state index in [1.165, 1.54) is 0 Å². The van der Waals surface area contributed by atoms with Gasteiger partial charge in [0.05, 0.1) is 6.54 Å². The van der Waals surface area contributed by atoms with E-state index in [2.05, 4.69) is 44.7 Å². The number of aliphatic imine (C=N–C) groups is 1. The lowest BCUT2D eigenvalue weighted by molar-refractivity contribution is 0.718. The Hall–Kier alpha value is -2.38. The fraction of sp³-hybridized carbons (Fsp3) is 0.421. The van der Waals surface area contributed by atoms with Gasteiger partial charge in [-0.2, -0.15) is 9.97 Å². The molecule has 0 bridgehead atoms. The Labute approximate surface area is 165 Å². The number of hydrogen-bond donors (Lipinski definition) is 3. The molecule has 0 saturated carbocycles. The summed E-state index contributed by atoms with van der Waals surface area (Å²) in [5, 5.41) is 10.5. The van der Waals surface area contributed by atoms with Crippen molar-refractivity contribution in [1.82, 2.24) is 15.3 Å². The minimum absolute atomic E-state index is 0.319. The fourth-order valence-corrected chi connectivity index (χ4v) is 2.94. The molecular weight excluding hydrogens is 362 g/mol. The molecule has 0 aliphatic carbocycles. The van der Waals surface area contributed by atoms with E-state index in [1.54, 1.807) is 0 Å². The number of fused-ring (bicyclic) bond motifs is 1. The van der Waals surface area contributed by atoms with Crippen molar-refractivity contribution < 1.29 is 0 Å². The van der Waals surface area contributed by atoms with Crippen molar-refractivity contribution >= 4 is 41.1 Å². The first-order valence-electron chi connectivity index (χ1n) is 9.16. The summed E-state index contributed by atoms with van der Waals surface area (Å²) in [5.41, 5.74) is 1.90. The SMILES string of the molecule is CNCCNc1nc(NCc2ccc(Cl)cc2)c2c(n1)N(C(C)C)CC=N2. The highest BCUT2D eigenvalue weighted by atomic mass is 35.5. The second kappa shape index (κ2) is 9.01. The standard InChI is InChI=1S/C19H26ClN7/c1-13(2)27-11-10-22-16-17(24-12-14-4-6-15(20)7-5-14)25-19(26-18(16)27)23-9-8-21-3/h4-7,10,13,21H,8-9,11-12H2,1-3H3,(H2,23,24,25,26). The summed E-state index contributed by atoms with van der Waals surface area (Å²) >= 11 is 5.97. The van der Waals surface area contributed by atoms with Crippen LogP contribution in [-0.2, 0) is 6.54 Å². The summed E-state index contributed by atoms with van der Waals surface area (Å²) in [6, 6.07) is 8.09. The van der Waals surface area contributed by atoms with Gasteiger partial charge in [0.1, 0.15) is 5.69 Å². The van der Waals surface area contributed by atoms with Gasteiger partial charge in [0.15, 0.2) is 11.6 Å². The number of benzene rings is 1. The quantitative estimate of drug-likeness (QED) is 0.603. The van der Waals surface area contributed by atoms with E-state index in [1.807, 2.05) is 37.5 Å². The van der Waals surface area contributed by atoms with Gasteiger partial charge in [-0.1, -0.05) is 23.7 Å². The van der Waals surface area contributed by atoms with Gasteiger partial charge in [0.25, 0.3) is 0 Å². The van der Waals surface area contributed by atoms with Gasteiger partial charge in [-0.05, 0) is 38.6 Å². The molecule has 0 saturated heterocycles. The molecule has 0 amide bonds. The molecule has 3 N–H and O–H groups in total. The molecule has 0 unspecified atom stereocenters. The lowest BCUT2D eigenvalue weighted by Crippen LogP contribution is -2.35. The molecule has 1 aliphatic rings. The Bertz CT molecular complexity index is 789. The molecule has 0 radical (unpaired) electrons. The minimum atomic E-state index is 0.319. The van der Waals surface area contributed by atoms with E-state index in [0.717, 1.165) is 47.5 Å². The van der Waals surface area contributed by atoms with Crippen molar-refractivity contribution in [2.24, 2.45) is 4.99 Å². The highest BCUT2D eigenvalue weighted by molar-refractivity contribution is 6.30. The Morgan fingerprint density at radius 3 is 2.59 bits per heavy atom. The van der Waals surface area contributed by atoms with Gasteiger partial charge in [-0.25, -0.2) is 0 Å². The molecule has 27 heavy (non-hydrogen) atoms. The van der Waals surface area contributed by atoms with Crippen molar-refractivity contribution in [3.63, 3.8) is 0 Å². The zero-order chi connectivity index (χ0) is 19.2. The Morgan fingerprint density at radius 2 is 1.89 bits per heavy atom. The molecule has 3 rings (SSSR count). The van der Waals surface area contributed by atoms with E-state index in [0.29, 0.717) is 18.5 Å². The number of likely N-dealkylation sites (N-methyl/N-ethyl adjacent to an activating group) is 1. The third kappa shape index (κ3) is 4.87. The third-order valence-electron chi connectivity index (χ3n) is 4.29. The van der Waals surface area contributed by atoms with Gasteiger partial charge in [-0.15, -0.1) is 0 Å². The van der Waals surface area contributed by atoms with Gasteiger partial charge in [-0.3, -0.25) is 4.99 Å². The lowest BCUT2D eigenvalue weighted by Gasteiger charge is -2.30. The van der Waals surface area contributed by atoms with Crippen molar-refractivity contribution in [3.8, 4) is 0 Å². The summed E-state index contributed by atoms with van der Waals surface area (Å²) in [5.74, 6) is 2.18. The molecule has 144 valence electrons. The van der Waals surface area contributed by atoms with E-state index in [-0.39, 0.29) is 0 Å². The van der Waals surface area contributed by atoms with Crippen LogP contribution in [0, 0.1) is 0 Å². The average Bonchev–Trinajstić information content (AvgIpc) is 2.67. The van der Waals surface area contributed by atoms with Crippen LogP contribution in [0.5, 0.6) is 0 Å². The highest BCUT2D eigenvalue weighted by Crippen LogP contribution is 2.37. The maximum Gasteiger partial charge on any atom is 0.226 e. The van der Waals surface area contributed by atoms with Crippen molar-refractivity contribution in [1.29, 1.82) is 0 Å². The van der Waals surface area contributed by atoms with Crippen LogP contribution in [0.4, 0.5) is 23.3 Å². The normalized spacial score (nSPS) is 13.0. The summed E-state index contributed by atoms with van der Waals surface area (Å²) in [4.78, 5) is 16.2. The summed E-state index contributed by atoms with van der Waals surface area (Å²) in [6.45, 7) is 7.26. The third-order valence-corrected chi connectivity index (χ3v) is 4.54. The Morgan fingerprint density at radius 1 is 1.11 bits per heavy atom. The zero-order valence-corrected chi connectivity index (χ0v) is 16.7. The van der Waals surface area contributed by atoms with Crippen LogP contribution in [0.2, 0.25) is 5.02 Å². The zero-order valence-electron chi connectivity index (χ0n) is 16.0. The lowest BCUT2D eigenvalue weighted by atomic mass is 10.2. The topological polar surface area (TPSA) is 77.5 Å². The number of aromatic nitrogens is 2. The molecule has 7 nitrogen and oxygen atoms in total. The van der Waals surface area contributed by atoms with Crippen LogP contribution in [0.25, 0.3) is 0 Å².